The highest BCUT2D eigenvalue weighted by Gasteiger charge is 2.02. The van der Waals surface area contributed by atoms with Crippen LogP contribution in [0.15, 0.2) is 12.3 Å². The standard InChI is InChI=1S/C8H9ClINO/c9-8-3-7(5-12)6(1-2-10)4-11-8/h3-4,12H,1-2,5H2. The van der Waals surface area contributed by atoms with E-state index in [9.17, 15) is 0 Å². The summed E-state index contributed by atoms with van der Waals surface area (Å²) in [6, 6.07) is 1.71. The van der Waals surface area contributed by atoms with E-state index in [1.807, 2.05) is 0 Å². The summed E-state index contributed by atoms with van der Waals surface area (Å²) in [6.07, 6.45) is 2.66. The summed E-state index contributed by atoms with van der Waals surface area (Å²) in [7, 11) is 0. The van der Waals surface area contributed by atoms with Crippen molar-refractivity contribution >= 4 is 34.2 Å². The average Bonchev–Trinajstić information content (AvgIpc) is 2.08. The fourth-order valence-electron chi connectivity index (χ4n) is 0.970. The molecule has 0 saturated heterocycles. The van der Waals surface area contributed by atoms with Gasteiger partial charge in [-0.05, 0) is 23.6 Å². The van der Waals surface area contributed by atoms with Crippen molar-refractivity contribution in [3.8, 4) is 0 Å². The number of alkyl halides is 1. The van der Waals surface area contributed by atoms with Crippen molar-refractivity contribution in [3.05, 3.63) is 28.5 Å². The number of pyridine rings is 1. The molecule has 0 aliphatic heterocycles. The minimum absolute atomic E-state index is 0.0359. The second-order valence-corrected chi connectivity index (χ2v) is 3.84. The highest BCUT2D eigenvalue weighted by molar-refractivity contribution is 14.1. The Hall–Kier alpha value is 0.130. The number of rotatable bonds is 3. The van der Waals surface area contributed by atoms with Gasteiger partial charge in [-0.15, -0.1) is 0 Å². The van der Waals surface area contributed by atoms with Crippen molar-refractivity contribution in [3.63, 3.8) is 0 Å². The van der Waals surface area contributed by atoms with Crippen LogP contribution in [-0.4, -0.2) is 14.5 Å². The van der Waals surface area contributed by atoms with Crippen LogP contribution in [0.1, 0.15) is 11.1 Å². The molecule has 1 N–H and O–H groups in total. The smallest absolute Gasteiger partial charge is 0.129 e. The van der Waals surface area contributed by atoms with Gasteiger partial charge in [0.25, 0.3) is 0 Å². The maximum atomic E-state index is 8.98. The summed E-state index contributed by atoms with van der Waals surface area (Å²) in [5.74, 6) is 0. The maximum Gasteiger partial charge on any atom is 0.129 e. The van der Waals surface area contributed by atoms with Gasteiger partial charge >= 0.3 is 0 Å². The monoisotopic (exact) mass is 297 g/mol. The Bertz CT molecular complexity index is 267. The summed E-state index contributed by atoms with van der Waals surface area (Å²) < 4.78 is 1.02. The Labute approximate surface area is 90.1 Å². The first-order chi connectivity index (χ1) is 5.77. The number of nitrogens with zero attached hydrogens (tertiary/aromatic N) is 1. The predicted octanol–water partition coefficient (Wildman–Crippen LogP) is 2.20. The Morgan fingerprint density at radius 2 is 2.25 bits per heavy atom. The minimum atomic E-state index is 0.0359. The molecular weight excluding hydrogens is 288 g/mol. The summed E-state index contributed by atoms with van der Waals surface area (Å²) in [4.78, 5) is 3.96. The van der Waals surface area contributed by atoms with Gasteiger partial charge in [-0.25, -0.2) is 4.98 Å². The van der Waals surface area contributed by atoms with Crippen LogP contribution in [0.4, 0.5) is 0 Å². The summed E-state index contributed by atoms with van der Waals surface area (Å²) in [6.45, 7) is 0.0359. The van der Waals surface area contributed by atoms with Crippen LogP contribution in [0.25, 0.3) is 0 Å². The first-order valence-corrected chi connectivity index (χ1v) is 5.48. The quantitative estimate of drug-likeness (QED) is 0.527. The Kier molecular flexibility index (Phi) is 4.25. The molecule has 12 heavy (non-hydrogen) atoms. The van der Waals surface area contributed by atoms with Crippen LogP contribution < -0.4 is 0 Å². The van der Waals surface area contributed by atoms with Crippen molar-refractivity contribution in [2.75, 3.05) is 4.43 Å². The van der Waals surface area contributed by atoms with E-state index in [2.05, 4.69) is 27.6 Å². The molecule has 0 spiro atoms. The number of aryl methyl sites for hydroxylation is 1. The molecule has 0 bridgehead atoms. The minimum Gasteiger partial charge on any atom is -0.392 e. The van der Waals surface area contributed by atoms with Gasteiger partial charge in [-0.3, -0.25) is 0 Å². The highest BCUT2D eigenvalue weighted by atomic mass is 127. The fraction of sp³-hybridized carbons (Fsp3) is 0.375. The third kappa shape index (κ3) is 2.57. The largest absolute Gasteiger partial charge is 0.392 e. The van der Waals surface area contributed by atoms with Crippen molar-refractivity contribution in [1.29, 1.82) is 0 Å². The van der Waals surface area contributed by atoms with E-state index in [-0.39, 0.29) is 6.61 Å². The lowest BCUT2D eigenvalue weighted by Gasteiger charge is -2.04. The number of aliphatic hydroxyl groups is 1. The van der Waals surface area contributed by atoms with E-state index in [1.54, 1.807) is 12.3 Å². The van der Waals surface area contributed by atoms with Gasteiger partial charge in [0.15, 0.2) is 0 Å². The van der Waals surface area contributed by atoms with Gasteiger partial charge in [0, 0.05) is 10.6 Å². The first-order valence-electron chi connectivity index (χ1n) is 3.58. The zero-order valence-electron chi connectivity index (χ0n) is 6.43. The van der Waals surface area contributed by atoms with Gasteiger partial charge in [-0.2, -0.15) is 0 Å². The van der Waals surface area contributed by atoms with E-state index in [4.69, 9.17) is 16.7 Å². The van der Waals surface area contributed by atoms with Crippen LogP contribution in [0, 0.1) is 0 Å². The molecule has 1 rings (SSSR count). The van der Waals surface area contributed by atoms with E-state index < -0.39 is 0 Å². The Morgan fingerprint density at radius 3 is 2.83 bits per heavy atom. The van der Waals surface area contributed by atoms with Gasteiger partial charge in [0.2, 0.25) is 0 Å². The molecule has 0 saturated carbocycles. The second-order valence-electron chi connectivity index (χ2n) is 2.37. The lowest BCUT2D eigenvalue weighted by molar-refractivity contribution is 0.280. The molecule has 0 aromatic carbocycles. The van der Waals surface area contributed by atoms with E-state index >= 15 is 0 Å². The molecule has 66 valence electrons. The van der Waals surface area contributed by atoms with Gasteiger partial charge in [0.05, 0.1) is 6.61 Å². The van der Waals surface area contributed by atoms with E-state index in [0.29, 0.717) is 5.15 Å². The molecule has 1 aromatic rings. The molecule has 0 aliphatic rings. The molecule has 0 radical (unpaired) electrons. The third-order valence-electron chi connectivity index (χ3n) is 1.58. The highest BCUT2D eigenvalue weighted by Crippen LogP contribution is 2.14. The van der Waals surface area contributed by atoms with Crippen LogP contribution in [0.3, 0.4) is 0 Å². The summed E-state index contributed by atoms with van der Waals surface area (Å²) in [5, 5.41) is 9.42. The summed E-state index contributed by atoms with van der Waals surface area (Å²) in [5.41, 5.74) is 1.96. The lowest BCUT2D eigenvalue weighted by atomic mass is 10.1. The molecule has 2 nitrogen and oxygen atoms in total. The molecule has 0 unspecified atom stereocenters. The third-order valence-corrected chi connectivity index (χ3v) is 2.33. The Balaban J connectivity index is 2.94. The van der Waals surface area contributed by atoms with Gasteiger partial charge in [0.1, 0.15) is 5.15 Å². The molecular formula is C8H9ClINO. The van der Waals surface area contributed by atoms with Crippen LogP contribution >= 0.6 is 34.2 Å². The molecule has 0 amide bonds. The maximum absolute atomic E-state index is 8.98. The van der Waals surface area contributed by atoms with Gasteiger partial charge < -0.3 is 5.11 Å². The van der Waals surface area contributed by atoms with Crippen molar-refractivity contribution < 1.29 is 5.11 Å². The van der Waals surface area contributed by atoms with Crippen molar-refractivity contribution in [2.24, 2.45) is 0 Å². The molecule has 0 atom stereocenters. The number of hydrogen-bond acceptors (Lipinski definition) is 2. The normalized spacial score (nSPS) is 10.2. The van der Waals surface area contributed by atoms with Crippen LogP contribution in [0.2, 0.25) is 5.15 Å². The number of aliphatic hydroxyl groups excluding tert-OH is 1. The molecule has 0 aliphatic carbocycles. The van der Waals surface area contributed by atoms with Crippen molar-refractivity contribution in [2.45, 2.75) is 13.0 Å². The van der Waals surface area contributed by atoms with Crippen molar-refractivity contribution in [1.82, 2.24) is 4.98 Å². The number of halogens is 2. The number of hydrogen-bond donors (Lipinski definition) is 1. The zero-order valence-corrected chi connectivity index (χ0v) is 9.34. The lowest BCUT2D eigenvalue weighted by Crippen LogP contribution is -1.96. The SMILES string of the molecule is OCc1cc(Cl)ncc1CCI. The molecule has 0 fully saturated rings. The van der Waals surface area contributed by atoms with E-state index in [1.165, 1.54) is 0 Å². The van der Waals surface area contributed by atoms with Crippen LogP contribution in [-0.2, 0) is 13.0 Å². The molecule has 1 aromatic heterocycles. The second kappa shape index (κ2) is 4.99. The van der Waals surface area contributed by atoms with E-state index in [0.717, 1.165) is 22.0 Å². The Morgan fingerprint density at radius 1 is 1.50 bits per heavy atom. The average molecular weight is 298 g/mol. The van der Waals surface area contributed by atoms with Gasteiger partial charge in [-0.1, -0.05) is 34.2 Å². The summed E-state index contributed by atoms with van der Waals surface area (Å²) >= 11 is 7.96. The molecule has 4 heteroatoms. The zero-order chi connectivity index (χ0) is 8.97. The predicted molar refractivity (Wildman–Crippen MR) is 57.8 cm³/mol. The first kappa shape index (κ1) is 10.2. The fourth-order valence-corrected chi connectivity index (χ4v) is 1.73. The van der Waals surface area contributed by atoms with Crippen LogP contribution in [0.5, 0.6) is 0 Å². The topological polar surface area (TPSA) is 33.1 Å². The number of aromatic nitrogens is 1. The molecule has 1 heterocycles.